The molecule has 2 nitrogen and oxygen atoms in total. The molecule has 0 amide bonds. The third kappa shape index (κ3) is 5.27. The maximum atomic E-state index is 5.05. The molecule has 1 N–H and O–H groups in total. The molecule has 0 spiro atoms. The number of nitrogens with one attached hydrogen (secondary N) is 1. The molecule has 1 saturated carbocycles. The lowest BCUT2D eigenvalue weighted by Gasteiger charge is -2.14. The van der Waals surface area contributed by atoms with Crippen LogP contribution in [0.2, 0.25) is 0 Å². The van der Waals surface area contributed by atoms with E-state index in [-0.39, 0.29) is 0 Å². The summed E-state index contributed by atoms with van der Waals surface area (Å²) in [6.07, 6.45) is 6.61. The molecule has 0 aromatic rings. The average molecular weight is 185 g/mol. The quantitative estimate of drug-likeness (QED) is 0.585. The van der Waals surface area contributed by atoms with Crippen molar-refractivity contribution >= 4 is 0 Å². The highest BCUT2D eigenvalue weighted by molar-refractivity contribution is 4.81. The van der Waals surface area contributed by atoms with Crippen molar-refractivity contribution in [1.29, 1.82) is 0 Å². The van der Waals surface area contributed by atoms with Gasteiger partial charge in [-0.25, -0.2) is 0 Å². The van der Waals surface area contributed by atoms with Crippen LogP contribution in [0.25, 0.3) is 0 Å². The number of ether oxygens (including phenoxy) is 1. The second kappa shape index (κ2) is 6.39. The van der Waals surface area contributed by atoms with Crippen molar-refractivity contribution in [2.45, 2.75) is 45.1 Å². The fraction of sp³-hybridized carbons (Fsp3) is 1.00. The molecule has 1 aliphatic rings. The van der Waals surface area contributed by atoms with Gasteiger partial charge in [0.1, 0.15) is 0 Å². The van der Waals surface area contributed by atoms with Crippen molar-refractivity contribution in [3.05, 3.63) is 0 Å². The predicted octanol–water partition coefficient (Wildman–Crippen LogP) is 2.19. The summed E-state index contributed by atoms with van der Waals surface area (Å²) in [7, 11) is 1.78. The summed E-state index contributed by atoms with van der Waals surface area (Å²) in [6.45, 7) is 4.41. The van der Waals surface area contributed by atoms with Gasteiger partial charge in [0.15, 0.2) is 0 Å². The fourth-order valence-corrected chi connectivity index (χ4v) is 1.59. The molecule has 0 heterocycles. The molecule has 0 aliphatic heterocycles. The molecule has 1 rings (SSSR count). The van der Waals surface area contributed by atoms with E-state index < -0.39 is 0 Å². The van der Waals surface area contributed by atoms with Gasteiger partial charge in [-0.3, -0.25) is 0 Å². The Morgan fingerprint density at radius 3 is 2.77 bits per heavy atom. The second-order valence-corrected chi connectivity index (χ2v) is 4.09. The minimum atomic E-state index is 0.857. The monoisotopic (exact) mass is 185 g/mol. The van der Waals surface area contributed by atoms with Crippen LogP contribution in [-0.2, 0) is 4.74 Å². The molecule has 0 saturated heterocycles. The van der Waals surface area contributed by atoms with Crippen molar-refractivity contribution in [2.75, 3.05) is 20.3 Å². The van der Waals surface area contributed by atoms with Crippen molar-refractivity contribution in [1.82, 2.24) is 5.32 Å². The Balaban J connectivity index is 1.95. The van der Waals surface area contributed by atoms with E-state index in [0.29, 0.717) is 0 Å². The number of hydrogen-bond donors (Lipinski definition) is 1. The van der Waals surface area contributed by atoms with Crippen molar-refractivity contribution in [3.8, 4) is 0 Å². The van der Waals surface area contributed by atoms with Gasteiger partial charge in [-0.2, -0.15) is 0 Å². The zero-order valence-electron chi connectivity index (χ0n) is 9.01. The molecule has 2 heteroatoms. The highest BCUT2D eigenvalue weighted by atomic mass is 16.5. The van der Waals surface area contributed by atoms with E-state index in [1.165, 1.54) is 38.6 Å². The minimum Gasteiger partial charge on any atom is -0.385 e. The molecule has 0 aromatic heterocycles. The first-order valence-electron chi connectivity index (χ1n) is 5.59. The normalized spacial score (nSPS) is 18.9. The van der Waals surface area contributed by atoms with Gasteiger partial charge in [0.05, 0.1) is 0 Å². The smallest absolute Gasteiger partial charge is 0.0462 e. The summed E-state index contributed by atoms with van der Waals surface area (Å²) in [5, 5.41) is 3.59. The molecule has 1 aliphatic carbocycles. The Bertz CT molecular complexity index is 123. The molecule has 0 radical (unpaired) electrons. The lowest BCUT2D eigenvalue weighted by molar-refractivity contribution is 0.186. The molecule has 1 fully saturated rings. The van der Waals surface area contributed by atoms with E-state index in [0.717, 1.165) is 18.6 Å². The third-order valence-corrected chi connectivity index (χ3v) is 2.81. The van der Waals surface area contributed by atoms with E-state index in [1.807, 2.05) is 0 Å². The Hall–Kier alpha value is -0.0800. The molecular weight excluding hydrogens is 162 g/mol. The van der Waals surface area contributed by atoms with Gasteiger partial charge in [-0.1, -0.05) is 13.3 Å². The van der Waals surface area contributed by atoms with Crippen molar-refractivity contribution < 1.29 is 4.74 Å². The maximum Gasteiger partial charge on any atom is 0.0462 e. The largest absolute Gasteiger partial charge is 0.385 e. The van der Waals surface area contributed by atoms with E-state index >= 15 is 0 Å². The standard InChI is InChI=1S/C11H23NO/c1-3-10(5-4-8-13-2)9-12-11-6-7-11/h10-12H,3-9H2,1-2H3. The Kier molecular flexibility index (Phi) is 5.40. The summed E-state index contributed by atoms with van der Waals surface area (Å²) >= 11 is 0. The lowest BCUT2D eigenvalue weighted by atomic mass is 10.0. The third-order valence-electron chi connectivity index (χ3n) is 2.81. The van der Waals surface area contributed by atoms with Crippen LogP contribution in [0.3, 0.4) is 0 Å². The molecule has 13 heavy (non-hydrogen) atoms. The first-order chi connectivity index (χ1) is 6.36. The summed E-state index contributed by atoms with van der Waals surface area (Å²) in [6, 6.07) is 0.858. The highest BCUT2D eigenvalue weighted by Crippen LogP contribution is 2.20. The Morgan fingerprint density at radius 1 is 1.46 bits per heavy atom. The van der Waals surface area contributed by atoms with Crippen molar-refractivity contribution in [2.24, 2.45) is 5.92 Å². The zero-order valence-corrected chi connectivity index (χ0v) is 9.01. The summed E-state index contributed by atoms with van der Waals surface area (Å²) in [4.78, 5) is 0. The van der Waals surface area contributed by atoms with Crippen LogP contribution < -0.4 is 5.32 Å². The summed E-state index contributed by atoms with van der Waals surface area (Å²) in [5.74, 6) is 0.857. The van der Waals surface area contributed by atoms with Crippen LogP contribution in [0, 0.1) is 5.92 Å². The molecule has 1 atom stereocenters. The van der Waals surface area contributed by atoms with Crippen molar-refractivity contribution in [3.63, 3.8) is 0 Å². The Labute approximate surface area is 82.0 Å². The summed E-state index contributed by atoms with van der Waals surface area (Å²) in [5.41, 5.74) is 0. The molecule has 1 unspecified atom stereocenters. The molecule has 78 valence electrons. The highest BCUT2D eigenvalue weighted by Gasteiger charge is 2.21. The average Bonchev–Trinajstić information content (AvgIpc) is 2.94. The molecule has 0 aromatic carbocycles. The topological polar surface area (TPSA) is 21.3 Å². The van der Waals surface area contributed by atoms with Gasteiger partial charge in [0.25, 0.3) is 0 Å². The number of rotatable bonds is 8. The predicted molar refractivity (Wildman–Crippen MR) is 55.9 cm³/mol. The minimum absolute atomic E-state index is 0.857. The molecule has 0 bridgehead atoms. The van der Waals surface area contributed by atoms with Crippen LogP contribution in [0.4, 0.5) is 0 Å². The molecular formula is C11H23NO. The van der Waals surface area contributed by atoms with Crippen LogP contribution in [0.15, 0.2) is 0 Å². The van der Waals surface area contributed by atoms with Crippen LogP contribution in [0.1, 0.15) is 39.0 Å². The second-order valence-electron chi connectivity index (χ2n) is 4.09. The van der Waals surface area contributed by atoms with Crippen LogP contribution in [-0.4, -0.2) is 26.3 Å². The van der Waals surface area contributed by atoms with Gasteiger partial charge in [0.2, 0.25) is 0 Å². The first kappa shape index (κ1) is 11.0. The SMILES string of the molecule is CCC(CCCOC)CNC1CC1. The summed E-state index contributed by atoms with van der Waals surface area (Å²) < 4.78 is 5.05. The first-order valence-corrected chi connectivity index (χ1v) is 5.59. The maximum absolute atomic E-state index is 5.05. The Morgan fingerprint density at radius 2 is 2.23 bits per heavy atom. The van der Waals surface area contributed by atoms with Crippen LogP contribution in [0.5, 0.6) is 0 Å². The van der Waals surface area contributed by atoms with E-state index in [1.54, 1.807) is 7.11 Å². The lowest BCUT2D eigenvalue weighted by Crippen LogP contribution is -2.24. The van der Waals surface area contributed by atoms with Gasteiger partial charge < -0.3 is 10.1 Å². The van der Waals surface area contributed by atoms with Gasteiger partial charge in [0, 0.05) is 19.8 Å². The fourth-order valence-electron chi connectivity index (χ4n) is 1.59. The zero-order chi connectivity index (χ0) is 9.52. The van der Waals surface area contributed by atoms with E-state index in [4.69, 9.17) is 4.74 Å². The van der Waals surface area contributed by atoms with Gasteiger partial charge >= 0.3 is 0 Å². The van der Waals surface area contributed by atoms with Crippen LogP contribution >= 0.6 is 0 Å². The van der Waals surface area contributed by atoms with Gasteiger partial charge in [-0.15, -0.1) is 0 Å². The van der Waals surface area contributed by atoms with E-state index in [2.05, 4.69) is 12.2 Å². The van der Waals surface area contributed by atoms with E-state index in [9.17, 15) is 0 Å². The number of methoxy groups -OCH3 is 1. The number of hydrogen-bond acceptors (Lipinski definition) is 2. The van der Waals surface area contributed by atoms with Gasteiger partial charge in [-0.05, 0) is 38.1 Å².